The molecule has 0 radical (unpaired) electrons. The molecule has 1 fully saturated rings. The molecule has 0 N–H and O–H groups in total. The Labute approximate surface area is 242 Å². The van der Waals surface area contributed by atoms with Crippen molar-refractivity contribution in [1.82, 2.24) is 29.0 Å². The van der Waals surface area contributed by atoms with Crippen molar-refractivity contribution >= 4 is 32.6 Å². The van der Waals surface area contributed by atoms with Crippen LogP contribution in [0.4, 0.5) is 10.2 Å². The van der Waals surface area contributed by atoms with Gasteiger partial charge in [0.05, 0.1) is 34.2 Å². The predicted molar refractivity (Wildman–Crippen MR) is 158 cm³/mol. The second-order valence-electron chi connectivity index (χ2n) is 10.8. The maximum absolute atomic E-state index is 15.8. The minimum absolute atomic E-state index is 0.0508. The van der Waals surface area contributed by atoms with Gasteiger partial charge in [0.15, 0.2) is 21.3 Å². The highest BCUT2D eigenvalue weighted by Crippen LogP contribution is 2.35. The number of hydrogen-bond donors (Lipinski definition) is 0. The third-order valence-electron chi connectivity index (χ3n) is 7.52. The molecule has 1 atom stereocenters. The van der Waals surface area contributed by atoms with Crippen LogP contribution in [-0.2, 0) is 21.7 Å². The second-order valence-corrected chi connectivity index (χ2v) is 12.8. The maximum atomic E-state index is 15.8. The van der Waals surface area contributed by atoms with E-state index in [-0.39, 0.29) is 51.0 Å². The molecule has 42 heavy (non-hydrogen) atoms. The van der Waals surface area contributed by atoms with E-state index in [0.717, 1.165) is 6.26 Å². The molecule has 4 aromatic rings. The highest BCUT2D eigenvalue weighted by Gasteiger charge is 2.31. The van der Waals surface area contributed by atoms with E-state index in [4.69, 9.17) is 0 Å². The van der Waals surface area contributed by atoms with E-state index in [0.29, 0.717) is 30.9 Å². The van der Waals surface area contributed by atoms with Crippen molar-refractivity contribution in [2.24, 2.45) is 7.05 Å². The number of sulfone groups is 1. The van der Waals surface area contributed by atoms with Crippen LogP contribution in [-0.4, -0.2) is 75.2 Å². The summed E-state index contributed by atoms with van der Waals surface area (Å²) in [6.45, 7) is 10.2. The normalized spacial score (nSPS) is 15.9. The molecule has 4 heterocycles. The molecule has 0 bridgehead atoms. The summed E-state index contributed by atoms with van der Waals surface area (Å²) in [5, 5.41) is 0.228. The van der Waals surface area contributed by atoms with Gasteiger partial charge in [0.1, 0.15) is 11.5 Å². The van der Waals surface area contributed by atoms with Gasteiger partial charge >= 0.3 is 5.69 Å². The van der Waals surface area contributed by atoms with Crippen LogP contribution in [0.2, 0.25) is 0 Å². The molecular formula is C29H32FN7O4S. The molecule has 0 aliphatic carbocycles. The number of aromatic nitrogens is 5. The molecule has 13 heteroatoms. The number of para-hydroxylation sites is 1. The lowest BCUT2D eigenvalue weighted by molar-refractivity contribution is -0.126. The molecule has 1 amide bonds. The number of imidazole rings is 1. The second kappa shape index (κ2) is 10.8. The maximum Gasteiger partial charge on any atom is 0.355 e. The van der Waals surface area contributed by atoms with Gasteiger partial charge in [0, 0.05) is 39.0 Å². The first-order valence-corrected chi connectivity index (χ1v) is 15.3. The van der Waals surface area contributed by atoms with Crippen molar-refractivity contribution < 1.29 is 17.6 Å². The van der Waals surface area contributed by atoms with Gasteiger partial charge in [-0.05, 0) is 36.6 Å². The molecule has 0 saturated carbocycles. The van der Waals surface area contributed by atoms with E-state index in [1.165, 1.54) is 35.3 Å². The Morgan fingerprint density at radius 1 is 1.21 bits per heavy atom. The highest BCUT2D eigenvalue weighted by molar-refractivity contribution is 7.90. The Morgan fingerprint density at radius 2 is 1.95 bits per heavy atom. The fourth-order valence-electron chi connectivity index (χ4n) is 5.44. The lowest BCUT2D eigenvalue weighted by Gasteiger charge is -2.40. The van der Waals surface area contributed by atoms with Gasteiger partial charge in [-0.2, -0.15) is 4.98 Å². The SMILES string of the molecule is C=CC(=O)N1CCN(c2nc(=O)n(-c3c(C(C)C)cccc3S(C)(=O)=O)c3nc(-c4cncn4C)c(F)cc23)[C@@H](C)C1. The minimum Gasteiger partial charge on any atom is -0.350 e. The van der Waals surface area contributed by atoms with Gasteiger partial charge in [-0.15, -0.1) is 0 Å². The zero-order chi connectivity index (χ0) is 30.5. The van der Waals surface area contributed by atoms with Gasteiger partial charge in [-0.3, -0.25) is 4.79 Å². The summed E-state index contributed by atoms with van der Waals surface area (Å²) in [5.41, 5.74) is 0.338. The Morgan fingerprint density at radius 3 is 2.55 bits per heavy atom. The van der Waals surface area contributed by atoms with E-state index in [1.54, 1.807) is 28.6 Å². The van der Waals surface area contributed by atoms with Crippen molar-refractivity contribution in [3.8, 4) is 17.1 Å². The summed E-state index contributed by atoms with van der Waals surface area (Å²) in [6.07, 6.45) is 5.30. The van der Waals surface area contributed by atoms with Gasteiger partial charge in [0.2, 0.25) is 5.91 Å². The average molecular weight is 594 g/mol. The molecule has 0 spiro atoms. The fraction of sp³-hybridized carbons (Fsp3) is 0.345. The molecule has 3 aromatic heterocycles. The quantitative estimate of drug-likeness (QED) is 0.313. The van der Waals surface area contributed by atoms with Gasteiger partial charge in [-0.25, -0.2) is 32.1 Å². The molecule has 1 aromatic carbocycles. The average Bonchev–Trinajstić information content (AvgIpc) is 3.36. The van der Waals surface area contributed by atoms with Crippen LogP contribution in [0.25, 0.3) is 28.1 Å². The topological polar surface area (TPSA) is 123 Å². The lowest BCUT2D eigenvalue weighted by atomic mass is 10.0. The van der Waals surface area contributed by atoms with Crippen molar-refractivity contribution in [1.29, 1.82) is 0 Å². The zero-order valence-electron chi connectivity index (χ0n) is 24.1. The third-order valence-corrected chi connectivity index (χ3v) is 8.65. The van der Waals surface area contributed by atoms with Crippen LogP contribution in [0.3, 0.4) is 0 Å². The number of benzene rings is 1. The number of amides is 1. The number of nitrogens with zero attached hydrogens (tertiary/aromatic N) is 7. The van der Waals surface area contributed by atoms with Crippen molar-refractivity contribution in [2.75, 3.05) is 30.8 Å². The van der Waals surface area contributed by atoms with Gasteiger partial charge < -0.3 is 14.4 Å². The number of aryl methyl sites for hydroxylation is 1. The molecule has 5 rings (SSSR count). The largest absolute Gasteiger partial charge is 0.355 e. The van der Waals surface area contributed by atoms with E-state index < -0.39 is 21.3 Å². The standard InChI is InChI=1S/C29H32FN7O4S/c1-7-24(38)35-11-12-36(18(4)15-35)27-20-13-21(30)25(22-14-31-16-34(22)5)32-28(20)37(29(39)33-27)26-19(17(2)3)9-8-10-23(26)42(6,40)41/h7-10,13-14,16-18H,1,11-12,15H2,2-6H3/t18-/m0/s1. The molecule has 11 nitrogen and oxygen atoms in total. The van der Waals surface area contributed by atoms with Crippen LogP contribution in [0.5, 0.6) is 0 Å². The molecule has 1 aliphatic heterocycles. The number of carbonyl (C=O) groups excluding carboxylic acids is 1. The zero-order valence-corrected chi connectivity index (χ0v) is 24.9. The monoisotopic (exact) mass is 593 g/mol. The van der Waals surface area contributed by atoms with Gasteiger partial charge in [-0.1, -0.05) is 32.6 Å². The first-order valence-electron chi connectivity index (χ1n) is 13.4. The first kappa shape index (κ1) is 29.1. The summed E-state index contributed by atoms with van der Waals surface area (Å²) in [5.74, 6) is -0.832. The number of piperazine rings is 1. The minimum atomic E-state index is -3.81. The van der Waals surface area contributed by atoms with Gasteiger partial charge in [0.25, 0.3) is 0 Å². The van der Waals surface area contributed by atoms with Crippen LogP contribution < -0.4 is 10.6 Å². The smallest absolute Gasteiger partial charge is 0.350 e. The van der Waals surface area contributed by atoms with Crippen LogP contribution in [0.15, 0.2) is 59.1 Å². The highest BCUT2D eigenvalue weighted by atomic mass is 32.2. The Bertz CT molecular complexity index is 1900. The lowest BCUT2D eigenvalue weighted by Crippen LogP contribution is -2.54. The van der Waals surface area contributed by atoms with Crippen LogP contribution in [0.1, 0.15) is 32.3 Å². The molecule has 220 valence electrons. The van der Waals surface area contributed by atoms with Crippen LogP contribution >= 0.6 is 0 Å². The summed E-state index contributed by atoms with van der Waals surface area (Å²) < 4.78 is 44.6. The van der Waals surface area contributed by atoms with E-state index >= 15 is 4.39 Å². The Kier molecular flexibility index (Phi) is 7.48. The summed E-state index contributed by atoms with van der Waals surface area (Å²) >= 11 is 0. The van der Waals surface area contributed by atoms with Crippen LogP contribution in [0, 0.1) is 5.82 Å². The number of halogens is 1. The molecule has 1 saturated heterocycles. The summed E-state index contributed by atoms with van der Waals surface area (Å²) in [4.78, 5) is 42.9. The first-order chi connectivity index (χ1) is 19.8. The summed E-state index contributed by atoms with van der Waals surface area (Å²) in [6, 6.07) is 5.82. The summed E-state index contributed by atoms with van der Waals surface area (Å²) in [7, 11) is -2.11. The third kappa shape index (κ3) is 4.97. The van der Waals surface area contributed by atoms with E-state index in [9.17, 15) is 18.0 Å². The van der Waals surface area contributed by atoms with E-state index in [2.05, 4.69) is 21.5 Å². The number of rotatable bonds is 6. The Hall–Kier alpha value is -4.39. The predicted octanol–water partition coefficient (Wildman–Crippen LogP) is 3.07. The molecule has 0 unspecified atom stereocenters. The number of hydrogen-bond acceptors (Lipinski definition) is 8. The Balaban J connectivity index is 1.87. The molecule has 1 aliphatic rings. The number of carbonyl (C=O) groups is 1. The van der Waals surface area contributed by atoms with E-state index in [1.807, 2.05) is 25.7 Å². The number of pyridine rings is 1. The van der Waals surface area contributed by atoms with Crippen molar-refractivity contribution in [3.05, 3.63) is 71.3 Å². The number of anilines is 1. The van der Waals surface area contributed by atoms with Crippen molar-refractivity contribution in [3.63, 3.8) is 0 Å². The molecular weight excluding hydrogens is 561 g/mol. The van der Waals surface area contributed by atoms with Crippen molar-refractivity contribution in [2.45, 2.75) is 37.6 Å². The number of fused-ring (bicyclic) bond motifs is 1. The fourth-order valence-corrected chi connectivity index (χ4v) is 6.32.